The molecule has 94 valence electrons. The topological polar surface area (TPSA) is 24.9 Å². The largest absolute Gasteiger partial charge is 0.311 e. The van der Waals surface area contributed by atoms with Crippen molar-refractivity contribution in [1.29, 1.82) is 0 Å². The van der Waals surface area contributed by atoms with Gasteiger partial charge >= 0.3 is 0 Å². The molecule has 0 radical (unpaired) electrons. The van der Waals surface area contributed by atoms with Gasteiger partial charge in [0, 0.05) is 23.7 Å². The third kappa shape index (κ3) is 2.39. The van der Waals surface area contributed by atoms with Gasteiger partial charge in [0.2, 0.25) is 0 Å². The summed E-state index contributed by atoms with van der Waals surface area (Å²) in [5.41, 5.74) is 2.47. The highest BCUT2D eigenvalue weighted by Gasteiger charge is 2.25. The summed E-state index contributed by atoms with van der Waals surface area (Å²) in [7, 11) is 0. The van der Waals surface area contributed by atoms with Crippen LogP contribution < -0.4 is 5.32 Å². The van der Waals surface area contributed by atoms with E-state index >= 15 is 0 Å². The van der Waals surface area contributed by atoms with Crippen LogP contribution in [-0.2, 0) is 0 Å². The number of hydrogen-bond acceptors (Lipinski definition) is 2. The van der Waals surface area contributed by atoms with Gasteiger partial charge in [0.25, 0.3) is 0 Å². The van der Waals surface area contributed by atoms with Crippen LogP contribution in [0.4, 0.5) is 0 Å². The lowest BCUT2D eigenvalue weighted by molar-refractivity contribution is 0.479. The van der Waals surface area contributed by atoms with Gasteiger partial charge in [-0.05, 0) is 43.4 Å². The minimum absolute atomic E-state index is 0.525. The molecule has 0 saturated heterocycles. The summed E-state index contributed by atoms with van der Waals surface area (Å²) in [4.78, 5) is 4.44. The van der Waals surface area contributed by atoms with Crippen molar-refractivity contribution in [2.24, 2.45) is 0 Å². The number of rotatable bonds is 4. The Bertz CT molecular complexity index is 546. The number of aromatic nitrogens is 1. The number of fused-ring (bicyclic) bond motifs is 1. The second-order valence-electron chi connectivity index (χ2n) is 5.47. The number of hydrogen-bond donors (Lipinski definition) is 1. The van der Waals surface area contributed by atoms with Gasteiger partial charge in [-0.1, -0.05) is 25.1 Å². The van der Waals surface area contributed by atoms with Gasteiger partial charge in [-0.15, -0.1) is 0 Å². The zero-order chi connectivity index (χ0) is 12.5. The molecule has 3 rings (SSSR count). The Hall–Kier alpha value is -1.41. The summed E-state index contributed by atoms with van der Waals surface area (Å²) >= 11 is 0. The van der Waals surface area contributed by atoms with E-state index in [0.29, 0.717) is 12.0 Å². The first-order valence-electron chi connectivity index (χ1n) is 6.85. The second-order valence-corrected chi connectivity index (χ2v) is 5.47. The van der Waals surface area contributed by atoms with E-state index in [2.05, 4.69) is 48.4 Å². The summed E-state index contributed by atoms with van der Waals surface area (Å²) in [5, 5.41) is 4.90. The normalized spacial score (nSPS) is 18.8. The van der Waals surface area contributed by atoms with E-state index in [0.717, 1.165) is 11.6 Å². The molecule has 1 saturated carbocycles. The number of pyridine rings is 1. The molecule has 1 aliphatic rings. The molecule has 1 aliphatic carbocycles. The van der Waals surface area contributed by atoms with Crippen molar-refractivity contribution in [3.63, 3.8) is 0 Å². The Morgan fingerprint density at radius 1 is 1.22 bits per heavy atom. The number of nitrogens with zero attached hydrogens (tertiary/aromatic N) is 1. The van der Waals surface area contributed by atoms with Gasteiger partial charge in [0.15, 0.2) is 0 Å². The average Bonchev–Trinajstić information content (AvgIpc) is 3.21. The molecular formula is C16H20N2. The minimum Gasteiger partial charge on any atom is -0.311 e. The minimum atomic E-state index is 0.525. The van der Waals surface area contributed by atoms with Crippen LogP contribution in [0.25, 0.3) is 10.9 Å². The van der Waals surface area contributed by atoms with Crippen LogP contribution in [0.5, 0.6) is 0 Å². The van der Waals surface area contributed by atoms with Gasteiger partial charge in [-0.3, -0.25) is 4.98 Å². The molecule has 2 atom stereocenters. The third-order valence-corrected chi connectivity index (χ3v) is 3.98. The fraction of sp³-hybridized carbons (Fsp3) is 0.438. The van der Waals surface area contributed by atoms with Gasteiger partial charge in [-0.25, -0.2) is 0 Å². The molecule has 2 unspecified atom stereocenters. The van der Waals surface area contributed by atoms with Crippen molar-refractivity contribution >= 4 is 10.9 Å². The Morgan fingerprint density at radius 3 is 2.83 bits per heavy atom. The number of nitrogens with one attached hydrogen (secondary N) is 1. The van der Waals surface area contributed by atoms with E-state index in [1.807, 2.05) is 12.3 Å². The molecule has 1 aromatic heterocycles. The first kappa shape index (κ1) is 11.7. The predicted octanol–water partition coefficient (Wildman–Crippen LogP) is 3.48. The summed E-state index contributed by atoms with van der Waals surface area (Å²) in [6.45, 7) is 4.58. The molecular weight excluding hydrogens is 220 g/mol. The van der Waals surface area contributed by atoms with Crippen LogP contribution >= 0.6 is 0 Å². The van der Waals surface area contributed by atoms with Crippen molar-refractivity contribution in [2.75, 3.05) is 0 Å². The van der Waals surface area contributed by atoms with Crippen molar-refractivity contribution in [1.82, 2.24) is 10.3 Å². The zero-order valence-corrected chi connectivity index (χ0v) is 11.1. The maximum Gasteiger partial charge on any atom is 0.0704 e. The Kier molecular flexibility index (Phi) is 3.04. The monoisotopic (exact) mass is 240 g/mol. The molecule has 1 aromatic carbocycles. The predicted molar refractivity (Wildman–Crippen MR) is 75.8 cm³/mol. The molecule has 0 spiro atoms. The van der Waals surface area contributed by atoms with E-state index in [1.165, 1.54) is 23.8 Å². The Labute approximate surface area is 108 Å². The molecule has 0 bridgehead atoms. The van der Waals surface area contributed by atoms with E-state index < -0.39 is 0 Å². The smallest absolute Gasteiger partial charge is 0.0704 e. The molecule has 1 heterocycles. The lowest BCUT2D eigenvalue weighted by Crippen LogP contribution is -2.32. The fourth-order valence-corrected chi connectivity index (χ4v) is 2.42. The van der Waals surface area contributed by atoms with Gasteiger partial charge in [0.05, 0.1) is 5.52 Å². The van der Waals surface area contributed by atoms with E-state index in [-0.39, 0.29) is 0 Å². The molecule has 18 heavy (non-hydrogen) atoms. The van der Waals surface area contributed by atoms with Crippen molar-refractivity contribution in [3.8, 4) is 0 Å². The van der Waals surface area contributed by atoms with E-state index in [9.17, 15) is 0 Å². The molecule has 0 aliphatic heterocycles. The number of benzene rings is 1. The molecule has 0 amide bonds. The van der Waals surface area contributed by atoms with Crippen LogP contribution in [0.2, 0.25) is 0 Å². The summed E-state index contributed by atoms with van der Waals surface area (Å²) in [6.07, 6.45) is 4.55. The maximum absolute atomic E-state index is 4.44. The van der Waals surface area contributed by atoms with Crippen LogP contribution in [-0.4, -0.2) is 17.1 Å². The van der Waals surface area contributed by atoms with Gasteiger partial charge in [0.1, 0.15) is 0 Å². The SMILES string of the molecule is CC(NC1CC1)C(C)c1ccc2cccnc2c1. The van der Waals surface area contributed by atoms with Crippen LogP contribution in [0.1, 0.15) is 38.2 Å². The first-order chi connectivity index (χ1) is 8.74. The second kappa shape index (κ2) is 4.69. The average molecular weight is 240 g/mol. The van der Waals surface area contributed by atoms with Crippen molar-refractivity contribution < 1.29 is 0 Å². The van der Waals surface area contributed by atoms with E-state index in [4.69, 9.17) is 0 Å². The molecule has 1 N–H and O–H groups in total. The quantitative estimate of drug-likeness (QED) is 0.885. The zero-order valence-electron chi connectivity index (χ0n) is 11.1. The Balaban J connectivity index is 1.83. The van der Waals surface area contributed by atoms with Crippen LogP contribution in [0, 0.1) is 0 Å². The summed E-state index contributed by atoms with van der Waals surface area (Å²) in [6, 6.07) is 12.0. The highest BCUT2D eigenvalue weighted by molar-refractivity contribution is 5.79. The molecule has 2 heteroatoms. The summed E-state index contributed by atoms with van der Waals surface area (Å²) in [5.74, 6) is 0.525. The Morgan fingerprint density at radius 2 is 2.06 bits per heavy atom. The van der Waals surface area contributed by atoms with Gasteiger partial charge in [-0.2, -0.15) is 0 Å². The van der Waals surface area contributed by atoms with Crippen molar-refractivity contribution in [3.05, 3.63) is 42.1 Å². The molecule has 1 fully saturated rings. The highest BCUT2D eigenvalue weighted by atomic mass is 15.0. The fourth-order valence-electron chi connectivity index (χ4n) is 2.42. The highest BCUT2D eigenvalue weighted by Crippen LogP contribution is 2.26. The maximum atomic E-state index is 4.44. The lowest BCUT2D eigenvalue weighted by Gasteiger charge is -2.22. The molecule has 2 nitrogen and oxygen atoms in total. The third-order valence-electron chi connectivity index (χ3n) is 3.98. The van der Waals surface area contributed by atoms with Gasteiger partial charge < -0.3 is 5.32 Å². The van der Waals surface area contributed by atoms with Crippen LogP contribution in [0.3, 0.4) is 0 Å². The standard InChI is InChI=1S/C16H20N2/c1-11(12(2)18-15-7-8-15)14-6-5-13-4-3-9-17-16(13)10-14/h3-6,9-12,15,18H,7-8H2,1-2H3. The summed E-state index contributed by atoms with van der Waals surface area (Å²) < 4.78 is 0. The molecule has 2 aromatic rings. The van der Waals surface area contributed by atoms with Crippen LogP contribution in [0.15, 0.2) is 36.5 Å². The van der Waals surface area contributed by atoms with Crippen molar-refractivity contribution in [2.45, 2.75) is 44.7 Å². The first-order valence-corrected chi connectivity index (χ1v) is 6.85. The lowest BCUT2D eigenvalue weighted by atomic mass is 9.93. The van der Waals surface area contributed by atoms with E-state index in [1.54, 1.807) is 0 Å².